The van der Waals surface area contributed by atoms with Crippen LogP contribution in [0.4, 0.5) is 0 Å². The van der Waals surface area contributed by atoms with Crippen molar-refractivity contribution in [1.29, 1.82) is 0 Å². The van der Waals surface area contributed by atoms with Crippen LogP contribution in [0.2, 0.25) is 0 Å². The molecule has 19 heavy (non-hydrogen) atoms. The lowest BCUT2D eigenvalue weighted by molar-refractivity contribution is 0.409. The first-order valence-electron chi connectivity index (χ1n) is 6.69. The normalized spacial score (nSPS) is 16.2. The van der Waals surface area contributed by atoms with Gasteiger partial charge in [-0.3, -0.25) is 5.10 Å². The summed E-state index contributed by atoms with van der Waals surface area (Å²) >= 11 is 0. The van der Waals surface area contributed by atoms with E-state index in [4.69, 9.17) is 0 Å². The molecule has 1 aromatic rings. The highest BCUT2D eigenvalue weighted by molar-refractivity contribution is 7.89. The number of nitrogens with one attached hydrogen (secondary N) is 2. The average molecular weight is 286 g/mol. The lowest BCUT2D eigenvalue weighted by atomic mass is 10.3. The number of sulfonamides is 1. The summed E-state index contributed by atoms with van der Waals surface area (Å²) in [6, 6.07) is 0. The maximum atomic E-state index is 12.7. The number of aryl methyl sites for hydroxylation is 1. The van der Waals surface area contributed by atoms with Gasteiger partial charge in [0, 0.05) is 30.9 Å². The van der Waals surface area contributed by atoms with Gasteiger partial charge in [0.2, 0.25) is 0 Å². The third-order valence-corrected chi connectivity index (χ3v) is 5.40. The highest BCUT2D eigenvalue weighted by atomic mass is 32.2. The van der Waals surface area contributed by atoms with Crippen molar-refractivity contribution in [2.24, 2.45) is 5.92 Å². The Labute approximate surface area is 114 Å². The Bertz CT molecular complexity index is 534. The molecule has 1 aliphatic rings. The van der Waals surface area contributed by atoms with Gasteiger partial charge in [0.1, 0.15) is 0 Å². The number of H-pyrrole nitrogens is 1. The third kappa shape index (κ3) is 2.98. The van der Waals surface area contributed by atoms with Crippen LogP contribution in [0.3, 0.4) is 0 Å². The monoisotopic (exact) mass is 286 g/mol. The van der Waals surface area contributed by atoms with E-state index in [9.17, 15) is 8.42 Å². The molecular formula is C12H22N4O2S. The van der Waals surface area contributed by atoms with E-state index in [1.54, 1.807) is 11.4 Å². The molecule has 0 aliphatic heterocycles. The second-order valence-corrected chi connectivity index (χ2v) is 6.91. The number of hydrogen-bond acceptors (Lipinski definition) is 4. The highest BCUT2D eigenvalue weighted by Gasteiger charge is 2.33. The van der Waals surface area contributed by atoms with Gasteiger partial charge in [-0.05, 0) is 32.7 Å². The van der Waals surface area contributed by atoms with Gasteiger partial charge < -0.3 is 5.32 Å². The lowest BCUT2D eigenvalue weighted by Crippen LogP contribution is -2.33. The number of nitrogens with zero attached hydrogens (tertiary/aromatic N) is 2. The Balaban J connectivity index is 2.31. The van der Waals surface area contributed by atoms with Gasteiger partial charge >= 0.3 is 0 Å². The van der Waals surface area contributed by atoms with Crippen LogP contribution in [0.5, 0.6) is 0 Å². The molecule has 1 fully saturated rings. The molecule has 1 heterocycles. The Morgan fingerprint density at radius 3 is 2.68 bits per heavy atom. The summed E-state index contributed by atoms with van der Waals surface area (Å²) in [6.45, 7) is 5.32. The first-order valence-corrected chi connectivity index (χ1v) is 8.13. The van der Waals surface area contributed by atoms with Crippen LogP contribution < -0.4 is 5.32 Å². The maximum absolute atomic E-state index is 12.7. The fourth-order valence-electron chi connectivity index (χ4n) is 2.14. The highest BCUT2D eigenvalue weighted by Crippen LogP contribution is 2.31. The van der Waals surface area contributed by atoms with Crippen molar-refractivity contribution in [1.82, 2.24) is 19.8 Å². The molecule has 0 spiro atoms. The maximum Gasteiger partial charge on any atom is 0.262 e. The molecule has 1 aromatic heterocycles. The van der Waals surface area contributed by atoms with Gasteiger partial charge in [-0.1, -0.05) is 6.92 Å². The van der Waals surface area contributed by atoms with E-state index in [1.807, 2.05) is 13.8 Å². The van der Waals surface area contributed by atoms with Crippen LogP contribution in [0, 0.1) is 12.8 Å². The van der Waals surface area contributed by atoms with E-state index in [1.165, 1.54) is 0 Å². The van der Waals surface area contributed by atoms with Crippen molar-refractivity contribution in [2.45, 2.75) is 38.3 Å². The summed E-state index contributed by atoms with van der Waals surface area (Å²) in [4.78, 5) is 0. The largest absolute Gasteiger partial charge is 0.316 e. The number of hydrogen-bond donors (Lipinski definition) is 2. The number of aromatic nitrogens is 2. The molecule has 0 atom stereocenters. The van der Waals surface area contributed by atoms with Gasteiger partial charge in [0.05, 0.1) is 0 Å². The molecule has 0 aromatic carbocycles. The molecule has 0 saturated heterocycles. The SMILES string of the molecule is CCN(CC1CC1)S(=O)(=O)c1n[nH]c(C)c1CNC. The smallest absolute Gasteiger partial charge is 0.262 e. The van der Waals surface area contributed by atoms with Crippen LogP contribution in [0.1, 0.15) is 31.0 Å². The van der Waals surface area contributed by atoms with Crippen LogP contribution in [-0.4, -0.2) is 43.1 Å². The van der Waals surface area contributed by atoms with E-state index >= 15 is 0 Å². The van der Waals surface area contributed by atoms with Crippen LogP contribution in [-0.2, 0) is 16.6 Å². The van der Waals surface area contributed by atoms with Crippen molar-refractivity contribution in [3.63, 3.8) is 0 Å². The van der Waals surface area contributed by atoms with E-state index in [2.05, 4.69) is 15.5 Å². The minimum Gasteiger partial charge on any atom is -0.316 e. The predicted octanol–water partition coefficient (Wildman–Crippen LogP) is 0.858. The molecule has 1 aliphatic carbocycles. The molecule has 1 saturated carbocycles. The minimum absolute atomic E-state index is 0.168. The van der Waals surface area contributed by atoms with E-state index in [0.717, 1.165) is 24.1 Å². The van der Waals surface area contributed by atoms with Gasteiger partial charge in [0.25, 0.3) is 10.0 Å². The summed E-state index contributed by atoms with van der Waals surface area (Å²) < 4.78 is 26.8. The molecule has 6 nitrogen and oxygen atoms in total. The summed E-state index contributed by atoms with van der Waals surface area (Å²) in [7, 11) is -1.69. The van der Waals surface area contributed by atoms with Crippen molar-refractivity contribution in [3.8, 4) is 0 Å². The fourth-order valence-corrected chi connectivity index (χ4v) is 3.83. The van der Waals surface area contributed by atoms with E-state index in [0.29, 0.717) is 25.6 Å². The van der Waals surface area contributed by atoms with Crippen molar-refractivity contribution < 1.29 is 8.42 Å². The predicted molar refractivity (Wildman–Crippen MR) is 73.2 cm³/mol. The zero-order valence-electron chi connectivity index (χ0n) is 11.7. The van der Waals surface area contributed by atoms with Gasteiger partial charge in [-0.25, -0.2) is 8.42 Å². The number of aromatic amines is 1. The molecule has 0 radical (unpaired) electrons. The molecular weight excluding hydrogens is 264 g/mol. The Hall–Kier alpha value is -0.920. The van der Waals surface area contributed by atoms with Crippen molar-refractivity contribution in [3.05, 3.63) is 11.3 Å². The Morgan fingerprint density at radius 2 is 2.16 bits per heavy atom. The van der Waals surface area contributed by atoms with Crippen LogP contribution in [0.25, 0.3) is 0 Å². The molecule has 0 amide bonds. The summed E-state index contributed by atoms with van der Waals surface area (Å²) in [5.74, 6) is 0.530. The Morgan fingerprint density at radius 1 is 1.47 bits per heavy atom. The van der Waals surface area contributed by atoms with Gasteiger partial charge in [0.15, 0.2) is 5.03 Å². The molecule has 0 bridgehead atoms. The third-order valence-electron chi connectivity index (χ3n) is 3.49. The van der Waals surface area contributed by atoms with Crippen molar-refractivity contribution in [2.75, 3.05) is 20.1 Å². The Kier molecular flexibility index (Phi) is 4.27. The molecule has 7 heteroatoms. The summed E-state index contributed by atoms with van der Waals surface area (Å²) in [6.07, 6.45) is 2.27. The van der Waals surface area contributed by atoms with Crippen LogP contribution in [0.15, 0.2) is 5.03 Å². The second-order valence-electron chi connectivity index (χ2n) is 5.06. The van der Waals surface area contributed by atoms with E-state index < -0.39 is 10.0 Å². The average Bonchev–Trinajstić information content (AvgIpc) is 3.11. The fraction of sp³-hybridized carbons (Fsp3) is 0.750. The zero-order valence-corrected chi connectivity index (χ0v) is 12.5. The standard InChI is InChI=1S/C12H22N4O2S/c1-4-16(8-10-5-6-10)19(17,18)12-11(7-13-3)9(2)14-15-12/h10,13H,4-8H2,1-3H3,(H,14,15). The molecule has 0 unspecified atom stereocenters. The summed E-state index contributed by atoms with van der Waals surface area (Å²) in [5, 5.41) is 9.95. The number of rotatable bonds is 7. The zero-order chi connectivity index (χ0) is 14.0. The first kappa shape index (κ1) is 14.5. The van der Waals surface area contributed by atoms with Crippen molar-refractivity contribution >= 4 is 10.0 Å². The minimum atomic E-state index is -3.49. The summed E-state index contributed by atoms with van der Waals surface area (Å²) in [5.41, 5.74) is 1.53. The van der Waals surface area contributed by atoms with Gasteiger partial charge in [-0.2, -0.15) is 9.40 Å². The van der Waals surface area contributed by atoms with Gasteiger partial charge in [-0.15, -0.1) is 0 Å². The van der Waals surface area contributed by atoms with E-state index in [-0.39, 0.29) is 5.03 Å². The topological polar surface area (TPSA) is 78.1 Å². The molecule has 2 rings (SSSR count). The first-order chi connectivity index (χ1) is 9.00. The molecule has 108 valence electrons. The quantitative estimate of drug-likeness (QED) is 0.779. The second kappa shape index (κ2) is 5.60. The van der Waals surface area contributed by atoms with Crippen LogP contribution >= 0.6 is 0 Å². The molecule has 2 N–H and O–H groups in total. The lowest BCUT2D eigenvalue weighted by Gasteiger charge is -2.19.